The minimum atomic E-state index is 0.682. The van der Waals surface area contributed by atoms with Crippen molar-refractivity contribution in [2.45, 2.75) is 13.0 Å². The summed E-state index contributed by atoms with van der Waals surface area (Å²) >= 11 is 1.73. The Bertz CT molecular complexity index is 442. The molecule has 1 aromatic heterocycles. The van der Waals surface area contributed by atoms with Crippen LogP contribution >= 0.6 is 11.3 Å². The molecular weight excluding hydrogens is 228 g/mol. The lowest BCUT2D eigenvalue weighted by atomic mass is 10.1. The van der Waals surface area contributed by atoms with Gasteiger partial charge >= 0.3 is 0 Å². The fourth-order valence-electron chi connectivity index (χ4n) is 1.56. The summed E-state index contributed by atoms with van der Waals surface area (Å²) in [4.78, 5) is 0. The van der Waals surface area contributed by atoms with Gasteiger partial charge in [0.05, 0.1) is 13.2 Å². The van der Waals surface area contributed by atoms with Gasteiger partial charge in [-0.25, -0.2) is 0 Å². The Morgan fingerprint density at radius 1 is 1.12 bits per heavy atom. The molecule has 0 amide bonds. The third-order valence-corrected chi connectivity index (χ3v) is 3.33. The molecule has 88 valence electrons. The Morgan fingerprint density at radius 2 is 1.94 bits per heavy atom. The number of hydrogen-bond acceptors (Lipinski definition) is 2. The van der Waals surface area contributed by atoms with Crippen LogP contribution < -0.4 is 0 Å². The van der Waals surface area contributed by atoms with E-state index >= 15 is 0 Å². The van der Waals surface area contributed by atoms with Gasteiger partial charge in [0.25, 0.3) is 0 Å². The van der Waals surface area contributed by atoms with Crippen LogP contribution in [0, 0.1) is 0 Å². The van der Waals surface area contributed by atoms with Crippen LogP contribution in [0.2, 0.25) is 0 Å². The Kier molecular flexibility index (Phi) is 4.54. The largest absolute Gasteiger partial charge is 0.376 e. The van der Waals surface area contributed by atoms with Crippen molar-refractivity contribution in [2.24, 2.45) is 0 Å². The van der Waals surface area contributed by atoms with Crippen molar-refractivity contribution in [1.82, 2.24) is 0 Å². The lowest BCUT2D eigenvalue weighted by Gasteiger charge is -2.04. The first-order valence-electron chi connectivity index (χ1n) is 5.68. The topological polar surface area (TPSA) is 9.23 Å². The highest BCUT2D eigenvalue weighted by Gasteiger charge is 1.95. The molecule has 0 aliphatic rings. The van der Waals surface area contributed by atoms with Crippen molar-refractivity contribution in [1.29, 1.82) is 0 Å². The van der Waals surface area contributed by atoms with Crippen molar-refractivity contribution in [3.63, 3.8) is 0 Å². The summed E-state index contributed by atoms with van der Waals surface area (Å²) in [5, 5.41) is 4.27. The van der Waals surface area contributed by atoms with E-state index in [9.17, 15) is 0 Å². The standard InChI is InChI=1S/C15H16OS/c1-2-13-3-5-14(6-4-13)11-16-9-7-15-8-10-17-12-15/h2-6,8,10,12H,1,7,9,11H2. The fraction of sp³-hybridized carbons (Fsp3) is 0.200. The first-order chi connectivity index (χ1) is 8.38. The van der Waals surface area contributed by atoms with Crippen LogP contribution in [0.15, 0.2) is 47.7 Å². The van der Waals surface area contributed by atoms with Crippen LogP contribution in [0.1, 0.15) is 16.7 Å². The molecular formula is C15H16OS. The molecule has 1 nitrogen and oxygen atoms in total. The highest BCUT2D eigenvalue weighted by atomic mass is 32.1. The van der Waals surface area contributed by atoms with Crippen molar-refractivity contribution < 1.29 is 4.74 Å². The molecule has 2 aromatic rings. The summed E-state index contributed by atoms with van der Waals surface area (Å²) in [6, 6.07) is 10.4. The minimum absolute atomic E-state index is 0.682. The first kappa shape index (κ1) is 12.1. The summed E-state index contributed by atoms with van der Waals surface area (Å²) in [6.07, 6.45) is 2.84. The summed E-state index contributed by atoms with van der Waals surface area (Å²) in [5.41, 5.74) is 3.71. The predicted octanol–water partition coefficient (Wildman–Crippen LogP) is 4.15. The molecule has 0 bridgehead atoms. The van der Waals surface area contributed by atoms with Gasteiger partial charge in [-0.2, -0.15) is 11.3 Å². The second-order valence-electron chi connectivity index (χ2n) is 3.88. The number of benzene rings is 1. The maximum Gasteiger partial charge on any atom is 0.0717 e. The van der Waals surface area contributed by atoms with Gasteiger partial charge in [-0.1, -0.05) is 36.9 Å². The van der Waals surface area contributed by atoms with E-state index in [1.165, 1.54) is 11.1 Å². The second kappa shape index (κ2) is 6.38. The molecule has 0 radical (unpaired) electrons. The number of ether oxygens (including phenoxy) is 1. The summed E-state index contributed by atoms with van der Waals surface area (Å²) in [7, 11) is 0. The third kappa shape index (κ3) is 3.84. The monoisotopic (exact) mass is 244 g/mol. The number of hydrogen-bond donors (Lipinski definition) is 0. The van der Waals surface area contributed by atoms with Gasteiger partial charge in [0.15, 0.2) is 0 Å². The number of rotatable bonds is 6. The second-order valence-corrected chi connectivity index (χ2v) is 4.66. The molecule has 0 aliphatic heterocycles. The van der Waals surface area contributed by atoms with Crippen LogP contribution in [-0.4, -0.2) is 6.61 Å². The summed E-state index contributed by atoms with van der Waals surface area (Å²) in [5.74, 6) is 0. The van der Waals surface area contributed by atoms with Crippen LogP contribution in [0.5, 0.6) is 0 Å². The number of thiophene rings is 1. The molecule has 0 unspecified atom stereocenters. The molecule has 0 spiro atoms. The van der Waals surface area contributed by atoms with Crippen LogP contribution in [0.4, 0.5) is 0 Å². The molecule has 17 heavy (non-hydrogen) atoms. The lowest BCUT2D eigenvalue weighted by molar-refractivity contribution is 0.124. The Hall–Kier alpha value is -1.38. The molecule has 0 aliphatic carbocycles. The van der Waals surface area contributed by atoms with Gasteiger partial charge in [-0.15, -0.1) is 0 Å². The van der Waals surface area contributed by atoms with E-state index in [-0.39, 0.29) is 0 Å². The quantitative estimate of drug-likeness (QED) is 0.694. The van der Waals surface area contributed by atoms with E-state index in [1.807, 2.05) is 6.08 Å². The molecule has 0 fully saturated rings. The molecule has 0 saturated heterocycles. The zero-order valence-electron chi connectivity index (χ0n) is 9.76. The van der Waals surface area contributed by atoms with Gasteiger partial charge in [-0.05, 0) is 39.9 Å². The smallest absolute Gasteiger partial charge is 0.0717 e. The Morgan fingerprint density at radius 3 is 2.59 bits per heavy atom. The highest BCUT2D eigenvalue weighted by Crippen LogP contribution is 2.09. The van der Waals surface area contributed by atoms with Crippen molar-refractivity contribution in [2.75, 3.05) is 6.61 Å². The maximum absolute atomic E-state index is 5.65. The van der Waals surface area contributed by atoms with Gasteiger partial charge in [0.1, 0.15) is 0 Å². The minimum Gasteiger partial charge on any atom is -0.376 e. The molecule has 0 N–H and O–H groups in total. The Labute approximate surface area is 106 Å². The average molecular weight is 244 g/mol. The van der Waals surface area contributed by atoms with E-state index in [0.717, 1.165) is 18.6 Å². The first-order valence-corrected chi connectivity index (χ1v) is 6.63. The summed E-state index contributed by atoms with van der Waals surface area (Å²) < 4.78 is 5.65. The van der Waals surface area contributed by atoms with Crippen LogP contribution in [0.25, 0.3) is 6.08 Å². The van der Waals surface area contributed by atoms with E-state index < -0.39 is 0 Å². The van der Waals surface area contributed by atoms with Crippen molar-refractivity contribution in [3.05, 3.63) is 64.4 Å². The molecule has 2 rings (SSSR count). The predicted molar refractivity (Wildman–Crippen MR) is 74.2 cm³/mol. The van der Waals surface area contributed by atoms with Crippen molar-refractivity contribution >= 4 is 17.4 Å². The zero-order valence-corrected chi connectivity index (χ0v) is 10.6. The third-order valence-electron chi connectivity index (χ3n) is 2.60. The summed E-state index contributed by atoms with van der Waals surface area (Å²) in [6.45, 7) is 5.19. The van der Waals surface area contributed by atoms with E-state index in [0.29, 0.717) is 6.61 Å². The average Bonchev–Trinajstić information content (AvgIpc) is 2.88. The molecule has 0 saturated carbocycles. The van der Waals surface area contributed by atoms with Gasteiger partial charge in [0, 0.05) is 0 Å². The molecule has 1 heterocycles. The van der Waals surface area contributed by atoms with Gasteiger partial charge in [-0.3, -0.25) is 0 Å². The Balaban J connectivity index is 1.72. The van der Waals surface area contributed by atoms with Crippen LogP contribution in [-0.2, 0) is 17.8 Å². The maximum atomic E-state index is 5.65. The SMILES string of the molecule is C=Cc1ccc(COCCc2ccsc2)cc1. The lowest BCUT2D eigenvalue weighted by Crippen LogP contribution is -1.98. The molecule has 1 aromatic carbocycles. The van der Waals surface area contributed by atoms with Crippen molar-refractivity contribution in [3.8, 4) is 0 Å². The highest BCUT2D eigenvalue weighted by molar-refractivity contribution is 7.07. The van der Waals surface area contributed by atoms with E-state index in [4.69, 9.17) is 4.74 Å². The van der Waals surface area contributed by atoms with E-state index in [2.05, 4.69) is 47.7 Å². The normalized spacial score (nSPS) is 10.4. The zero-order chi connectivity index (χ0) is 11.9. The van der Waals surface area contributed by atoms with Gasteiger partial charge in [0.2, 0.25) is 0 Å². The molecule has 2 heteroatoms. The van der Waals surface area contributed by atoms with Crippen LogP contribution in [0.3, 0.4) is 0 Å². The fourth-order valence-corrected chi connectivity index (χ4v) is 2.27. The molecule has 0 atom stereocenters. The van der Waals surface area contributed by atoms with E-state index in [1.54, 1.807) is 11.3 Å². The van der Waals surface area contributed by atoms with Gasteiger partial charge < -0.3 is 4.74 Å².